The van der Waals surface area contributed by atoms with Gasteiger partial charge in [-0.3, -0.25) is 9.59 Å². The van der Waals surface area contributed by atoms with Gasteiger partial charge in [-0.1, -0.05) is 38.1 Å². The number of amides is 2. The van der Waals surface area contributed by atoms with Crippen molar-refractivity contribution in [3.63, 3.8) is 0 Å². The Morgan fingerprint density at radius 2 is 1.69 bits per heavy atom. The second-order valence-electron chi connectivity index (χ2n) is 6.11. The van der Waals surface area contributed by atoms with E-state index in [1.54, 1.807) is 55.6 Å². The number of rotatable bonds is 7. The number of nitrogens with one attached hydrogen (secondary N) is 2. The lowest BCUT2D eigenvalue weighted by Crippen LogP contribution is -2.47. The van der Waals surface area contributed by atoms with Crippen LogP contribution in [-0.4, -0.2) is 29.9 Å². The molecule has 0 bridgehead atoms. The third kappa shape index (κ3) is 5.42. The lowest BCUT2D eigenvalue weighted by atomic mass is 10.0. The summed E-state index contributed by atoms with van der Waals surface area (Å²) in [5.41, 5.74) is 0.617. The Morgan fingerprint density at radius 3 is 2.27 bits per heavy atom. The van der Waals surface area contributed by atoms with Crippen LogP contribution >= 0.6 is 11.3 Å². The predicted molar refractivity (Wildman–Crippen MR) is 101 cm³/mol. The Bertz CT molecular complexity index is 744. The molecule has 26 heavy (non-hydrogen) atoms. The molecule has 138 valence electrons. The van der Waals surface area contributed by atoms with Crippen LogP contribution in [0.3, 0.4) is 0 Å². The monoisotopic (exact) mass is 374 g/mol. The van der Waals surface area contributed by atoms with Crippen molar-refractivity contribution in [1.82, 2.24) is 5.32 Å². The molecule has 0 aliphatic carbocycles. The van der Waals surface area contributed by atoms with Crippen LogP contribution in [0.15, 0.2) is 47.8 Å². The fraction of sp³-hybridized carbons (Fsp3) is 0.316. The van der Waals surface area contributed by atoms with Crippen molar-refractivity contribution in [3.8, 4) is 0 Å². The fourth-order valence-electron chi connectivity index (χ4n) is 2.18. The molecule has 2 aromatic rings. The van der Waals surface area contributed by atoms with Crippen LogP contribution in [-0.2, 0) is 14.3 Å². The highest BCUT2D eigenvalue weighted by molar-refractivity contribution is 7.12. The van der Waals surface area contributed by atoms with Crippen molar-refractivity contribution >= 4 is 34.8 Å². The van der Waals surface area contributed by atoms with E-state index in [2.05, 4.69) is 10.6 Å². The van der Waals surface area contributed by atoms with E-state index in [1.165, 1.54) is 18.3 Å². The molecule has 0 fully saturated rings. The molecule has 2 N–H and O–H groups in total. The summed E-state index contributed by atoms with van der Waals surface area (Å²) in [6, 6.07) is 11.5. The Kier molecular flexibility index (Phi) is 6.91. The summed E-state index contributed by atoms with van der Waals surface area (Å²) < 4.78 is 5.26. The molecule has 2 rings (SSSR count). The SMILES string of the molecule is CC(C)[C@@H](NC(=O)c1cccs1)C(=O)O[C@@H](C)C(=O)Nc1ccccc1. The second-order valence-corrected chi connectivity index (χ2v) is 7.05. The summed E-state index contributed by atoms with van der Waals surface area (Å²) in [6.45, 7) is 5.10. The first-order valence-corrected chi connectivity index (χ1v) is 9.17. The molecule has 2 amide bonds. The minimum atomic E-state index is -0.984. The van der Waals surface area contributed by atoms with Crippen LogP contribution in [0.5, 0.6) is 0 Å². The summed E-state index contributed by atoms with van der Waals surface area (Å²) in [7, 11) is 0. The van der Waals surface area contributed by atoms with Gasteiger partial charge in [0.05, 0.1) is 4.88 Å². The number of benzene rings is 1. The van der Waals surface area contributed by atoms with Gasteiger partial charge in [0.15, 0.2) is 6.10 Å². The van der Waals surface area contributed by atoms with Crippen LogP contribution in [0.4, 0.5) is 5.69 Å². The van der Waals surface area contributed by atoms with Crippen molar-refractivity contribution < 1.29 is 19.1 Å². The molecular weight excluding hydrogens is 352 g/mol. The highest BCUT2D eigenvalue weighted by Crippen LogP contribution is 2.12. The van der Waals surface area contributed by atoms with Crippen molar-refractivity contribution in [2.75, 3.05) is 5.32 Å². The normalized spacial score (nSPS) is 12.9. The van der Waals surface area contributed by atoms with Gasteiger partial charge in [-0.15, -0.1) is 11.3 Å². The minimum absolute atomic E-state index is 0.184. The number of ether oxygens (including phenoxy) is 1. The molecule has 0 spiro atoms. The average Bonchev–Trinajstić information content (AvgIpc) is 3.14. The van der Waals surface area contributed by atoms with Gasteiger partial charge in [-0.05, 0) is 36.4 Å². The Hall–Kier alpha value is -2.67. The van der Waals surface area contributed by atoms with Crippen LogP contribution in [0.25, 0.3) is 0 Å². The molecule has 0 saturated heterocycles. The maximum Gasteiger partial charge on any atom is 0.329 e. The zero-order chi connectivity index (χ0) is 19.1. The molecular formula is C19H22N2O4S. The van der Waals surface area contributed by atoms with E-state index < -0.39 is 24.0 Å². The standard InChI is InChI=1S/C19H22N2O4S/c1-12(2)16(21-18(23)15-10-7-11-26-15)19(24)25-13(3)17(22)20-14-8-5-4-6-9-14/h4-13,16H,1-3H3,(H,20,22)(H,21,23)/t13-,16+/m0/s1. The number of carbonyl (C=O) groups is 3. The maximum atomic E-state index is 12.4. The van der Waals surface area contributed by atoms with Gasteiger partial charge in [0, 0.05) is 5.69 Å². The van der Waals surface area contributed by atoms with Crippen LogP contribution in [0.2, 0.25) is 0 Å². The number of thiophene rings is 1. The van der Waals surface area contributed by atoms with Gasteiger partial charge in [-0.2, -0.15) is 0 Å². The van der Waals surface area contributed by atoms with Crippen molar-refractivity contribution in [3.05, 3.63) is 52.7 Å². The lowest BCUT2D eigenvalue weighted by molar-refractivity contribution is -0.156. The molecule has 0 aliphatic rings. The fourth-order valence-corrected chi connectivity index (χ4v) is 2.81. The van der Waals surface area contributed by atoms with E-state index in [0.717, 1.165) is 0 Å². The van der Waals surface area contributed by atoms with E-state index in [-0.39, 0.29) is 11.8 Å². The largest absolute Gasteiger partial charge is 0.451 e. The van der Waals surface area contributed by atoms with Crippen LogP contribution in [0, 0.1) is 5.92 Å². The van der Waals surface area contributed by atoms with Gasteiger partial charge in [-0.25, -0.2) is 4.79 Å². The summed E-state index contributed by atoms with van der Waals surface area (Å²) in [5, 5.41) is 7.14. The van der Waals surface area contributed by atoms with Gasteiger partial charge in [0.25, 0.3) is 11.8 Å². The van der Waals surface area contributed by atoms with E-state index in [0.29, 0.717) is 10.6 Å². The number of para-hydroxylation sites is 1. The third-order valence-corrected chi connectivity index (χ3v) is 4.52. The van der Waals surface area contributed by atoms with E-state index in [1.807, 2.05) is 6.07 Å². The second kappa shape index (κ2) is 9.15. The molecule has 0 unspecified atom stereocenters. The first kappa shape index (κ1) is 19.7. The lowest BCUT2D eigenvalue weighted by Gasteiger charge is -2.22. The van der Waals surface area contributed by atoms with Gasteiger partial charge in [0.1, 0.15) is 6.04 Å². The van der Waals surface area contributed by atoms with Gasteiger partial charge < -0.3 is 15.4 Å². The molecule has 2 atom stereocenters. The minimum Gasteiger partial charge on any atom is -0.451 e. The number of anilines is 1. The third-order valence-electron chi connectivity index (χ3n) is 3.66. The number of hydrogen-bond acceptors (Lipinski definition) is 5. The number of esters is 1. The molecule has 0 aliphatic heterocycles. The molecule has 0 radical (unpaired) electrons. The molecule has 1 aromatic carbocycles. The predicted octanol–water partition coefficient (Wildman–Crippen LogP) is 3.07. The quantitative estimate of drug-likeness (QED) is 0.730. The summed E-state index contributed by atoms with van der Waals surface area (Å²) >= 11 is 1.29. The summed E-state index contributed by atoms with van der Waals surface area (Å²) in [4.78, 5) is 37.3. The highest BCUT2D eigenvalue weighted by Gasteiger charge is 2.29. The highest BCUT2D eigenvalue weighted by atomic mass is 32.1. The first-order chi connectivity index (χ1) is 12.4. The Morgan fingerprint density at radius 1 is 1.00 bits per heavy atom. The first-order valence-electron chi connectivity index (χ1n) is 8.29. The van der Waals surface area contributed by atoms with E-state index in [9.17, 15) is 14.4 Å². The summed E-state index contributed by atoms with van der Waals surface area (Å²) in [6.07, 6.45) is -0.984. The Balaban J connectivity index is 1.95. The zero-order valence-corrected chi connectivity index (χ0v) is 15.7. The van der Waals surface area contributed by atoms with Gasteiger partial charge in [0.2, 0.25) is 0 Å². The molecule has 7 heteroatoms. The van der Waals surface area contributed by atoms with E-state index >= 15 is 0 Å². The zero-order valence-electron chi connectivity index (χ0n) is 14.9. The average molecular weight is 374 g/mol. The van der Waals surface area contributed by atoms with Crippen LogP contribution < -0.4 is 10.6 Å². The number of carbonyl (C=O) groups excluding carboxylic acids is 3. The maximum absolute atomic E-state index is 12.4. The van der Waals surface area contributed by atoms with Crippen molar-refractivity contribution in [2.45, 2.75) is 32.9 Å². The molecule has 1 aromatic heterocycles. The summed E-state index contributed by atoms with van der Waals surface area (Å²) in [5.74, 6) is -1.59. The molecule has 0 saturated carbocycles. The molecule has 6 nitrogen and oxygen atoms in total. The topological polar surface area (TPSA) is 84.5 Å². The van der Waals surface area contributed by atoms with Gasteiger partial charge >= 0.3 is 5.97 Å². The number of hydrogen-bond donors (Lipinski definition) is 2. The van der Waals surface area contributed by atoms with Crippen molar-refractivity contribution in [1.29, 1.82) is 0 Å². The Labute approximate surface area is 156 Å². The van der Waals surface area contributed by atoms with Crippen LogP contribution in [0.1, 0.15) is 30.4 Å². The smallest absolute Gasteiger partial charge is 0.329 e. The van der Waals surface area contributed by atoms with E-state index in [4.69, 9.17) is 4.74 Å². The van der Waals surface area contributed by atoms with Crippen molar-refractivity contribution in [2.24, 2.45) is 5.92 Å². The molecule has 1 heterocycles.